The molecule has 3 rings (SSSR count). The first kappa shape index (κ1) is 13.7. The van der Waals surface area contributed by atoms with Crippen molar-refractivity contribution in [3.8, 4) is 0 Å². The van der Waals surface area contributed by atoms with Crippen molar-refractivity contribution >= 4 is 11.3 Å². The lowest BCUT2D eigenvalue weighted by atomic mass is 10.2. The number of hydrogen-bond donors (Lipinski definition) is 0. The fraction of sp³-hybridized carbons (Fsp3) is 0.571. The molecule has 0 unspecified atom stereocenters. The summed E-state index contributed by atoms with van der Waals surface area (Å²) in [6.07, 6.45) is 4.33. The van der Waals surface area contributed by atoms with E-state index in [4.69, 9.17) is 9.26 Å². The number of rotatable bonds is 6. The summed E-state index contributed by atoms with van der Waals surface area (Å²) in [5, 5.41) is 7.00. The zero-order chi connectivity index (χ0) is 13.8. The van der Waals surface area contributed by atoms with Gasteiger partial charge in [0.25, 0.3) is 0 Å². The van der Waals surface area contributed by atoms with E-state index < -0.39 is 0 Å². The summed E-state index contributed by atoms with van der Waals surface area (Å²) in [6, 6.07) is 1.91. The minimum absolute atomic E-state index is 0.332. The van der Waals surface area contributed by atoms with Crippen LogP contribution in [0.2, 0.25) is 0 Å². The van der Waals surface area contributed by atoms with Crippen LogP contribution in [-0.4, -0.2) is 34.3 Å². The minimum atomic E-state index is 0.332. The van der Waals surface area contributed by atoms with Crippen LogP contribution in [0.5, 0.6) is 0 Å². The number of ether oxygens (including phenoxy) is 1. The lowest BCUT2D eigenvalue weighted by Crippen LogP contribution is -2.31. The molecule has 0 aliphatic carbocycles. The normalized spacial score (nSPS) is 19.0. The molecule has 1 aliphatic rings. The third kappa shape index (κ3) is 3.65. The van der Waals surface area contributed by atoms with Gasteiger partial charge in [0.15, 0.2) is 5.76 Å². The minimum Gasteiger partial charge on any atom is -0.377 e. The summed E-state index contributed by atoms with van der Waals surface area (Å²) in [7, 11) is 0. The molecule has 2 aromatic rings. The molecule has 1 aliphatic heterocycles. The standard InChI is InChI=1S/C14H19N3O2S/c1-11-10-20-14(16-11)9-17(7-12-3-2-6-18-12)8-13-4-5-15-19-13/h4-5,10,12H,2-3,6-9H2,1H3/t12-/m1/s1. The lowest BCUT2D eigenvalue weighted by molar-refractivity contribution is 0.0646. The van der Waals surface area contributed by atoms with Gasteiger partial charge in [0.05, 0.1) is 25.4 Å². The quantitative estimate of drug-likeness (QED) is 0.819. The molecule has 1 saturated heterocycles. The van der Waals surface area contributed by atoms with Crippen LogP contribution in [0.4, 0.5) is 0 Å². The average molecular weight is 293 g/mol. The Balaban J connectivity index is 1.65. The number of nitrogens with zero attached hydrogens (tertiary/aromatic N) is 3. The van der Waals surface area contributed by atoms with Crippen LogP contribution in [0.25, 0.3) is 0 Å². The van der Waals surface area contributed by atoms with E-state index in [9.17, 15) is 0 Å². The zero-order valence-electron chi connectivity index (χ0n) is 11.6. The summed E-state index contributed by atoms with van der Waals surface area (Å²) in [5.74, 6) is 0.885. The van der Waals surface area contributed by atoms with Crippen LogP contribution in [-0.2, 0) is 17.8 Å². The lowest BCUT2D eigenvalue weighted by Gasteiger charge is -2.23. The van der Waals surface area contributed by atoms with Crippen molar-refractivity contribution in [2.75, 3.05) is 13.2 Å². The number of hydrogen-bond acceptors (Lipinski definition) is 6. The van der Waals surface area contributed by atoms with E-state index in [-0.39, 0.29) is 0 Å². The van der Waals surface area contributed by atoms with E-state index in [2.05, 4.69) is 20.4 Å². The Bertz CT molecular complexity index is 520. The fourth-order valence-corrected chi connectivity index (χ4v) is 3.29. The average Bonchev–Trinajstić information content (AvgIpc) is 3.13. The molecule has 0 radical (unpaired) electrons. The van der Waals surface area contributed by atoms with Crippen molar-refractivity contribution in [3.05, 3.63) is 34.1 Å². The molecule has 0 saturated carbocycles. The van der Waals surface area contributed by atoms with Gasteiger partial charge in [-0.15, -0.1) is 11.3 Å². The maximum absolute atomic E-state index is 5.74. The molecule has 2 aromatic heterocycles. The Morgan fingerprint density at radius 2 is 2.40 bits per heavy atom. The molecule has 1 atom stereocenters. The first-order chi connectivity index (χ1) is 9.79. The van der Waals surface area contributed by atoms with Gasteiger partial charge in [-0.05, 0) is 19.8 Å². The van der Waals surface area contributed by atoms with Gasteiger partial charge in [-0.3, -0.25) is 4.90 Å². The van der Waals surface area contributed by atoms with Crippen LogP contribution in [0.3, 0.4) is 0 Å². The van der Waals surface area contributed by atoms with Gasteiger partial charge >= 0.3 is 0 Å². The van der Waals surface area contributed by atoms with E-state index in [1.807, 2.05) is 13.0 Å². The van der Waals surface area contributed by atoms with Gasteiger partial charge in [-0.2, -0.15) is 0 Å². The highest BCUT2D eigenvalue weighted by Crippen LogP contribution is 2.18. The van der Waals surface area contributed by atoms with Gasteiger partial charge in [0.2, 0.25) is 0 Å². The molecule has 0 spiro atoms. The molecule has 3 heterocycles. The summed E-state index contributed by atoms with van der Waals surface area (Å²) in [5.41, 5.74) is 1.08. The zero-order valence-corrected chi connectivity index (χ0v) is 12.4. The number of aryl methyl sites for hydroxylation is 1. The SMILES string of the molecule is Cc1csc(CN(Cc2ccno2)C[C@H]2CCCO2)n1. The Morgan fingerprint density at radius 3 is 3.05 bits per heavy atom. The fourth-order valence-electron chi connectivity index (χ4n) is 2.47. The van der Waals surface area contributed by atoms with E-state index in [1.165, 1.54) is 0 Å². The van der Waals surface area contributed by atoms with Crippen LogP contribution in [0, 0.1) is 6.92 Å². The van der Waals surface area contributed by atoms with Gasteiger partial charge < -0.3 is 9.26 Å². The molecule has 108 valence electrons. The Labute approximate surface area is 122 Å². The van der Waals surface area contributed by atoms with Crippen LogP contribution >= 0.6 is 11.3 Å². The molecule has 0 N–H and O–H groups in total. The predicted octanol–water partition coefficient (Wildman–Crippen LogP) is 2.62. The van der Waals surface area contributed by atoms with Crippen molar-refractivity contribution < 1.29 is 9.26 Å². The summed E-state index contributed by atoms with van der Waals surface area (Å²) < 4.78 is 11.0. The second kappa shape index (κ2) is 6.47. The van der Waals surface area contributed by atoms with Crippen molar-refractivity contribution in [1.29, 1.82) is 0 Å². The molecule has 0 aromatic carbocycles. The third-order valence-corrected chi connectivity index (χ3v) is 4.33. The molecule has 0 bridgehead atoms. The van der Waals surface area contributed by atoms with Gasteiger partial charge in [0.1, 0.15) is 5.01 Å². The Kier molecular flexibility index (Phi) is 4.44. The summed E-state index contributed by atoms with van der Waals surface area (Å²) in [6.45, 7) is 5.41. The smallest absolute Gasteiger partial charge is 0.150 e. The van der Waals surface area contributed by atoms with Crippen molar-refractivity contribution in [3.63, 3.8) is 0 Å². The molecule has 0 amide bonds. The highest BCUT2D eigenvalue weighted by molar-refractivity contribution is 7.09. The summed E-state index contributed by atoms with van der Waals surface area (Å²) in [4.78, 5) is 6.87. The van der Waals surface area contributed by atoms with E-state index in [1.54, 1.807) is 17.5 Å². The van der Waals surface area contributed by atoms with Gasteiger partial charge in [-0.25, -0.2) is 4.98 Å². The summed E-state index contributed by atoms with van der Waals surface area (Å²) >= 11 is 1.71. The highest BCUT2D eigenvalue weighted by atomic mass is 32.1. The third-order valence-electron chi connectivity index (χ3n) is 3.38. The van der Waals surface area contributed by atoms with Crippen LogP contribution in [0.1, 0.15) is 29.3 Å². The van der Waals surface area contributed by atoms with E-state index >= 15 is 0 Å². The van der Waals surface area contributed by atoms with E-state index in [0.717, 1.165) is 55.5 Å². The van der Waals surface area contributed by atoms with Gasteiger partial charge in [0, 0.05) is 30.3 Å². The van der Waals surface area contributed by atoms with Crippen LogP contribution < -0.4 is 0 Å². The first-order valence-electron chi connectivity index (χ1n) is 6.94. The Morgan fingerprint density at radius 1 is 1.45 bits per heavy atom. The number of thiazole rings is 1. The van der Waals surface area contributed by atoms with E-state index in [0.29, 0.717) is 6.10 Å². The van der Waals surface area contributed by atoms with Crippen molar-refractivity contribution in [2.45, 2.75) is 39.0 Å². The second-order valence-corrected chi connectivity index (χ2v) is 6.11. The molecule has 1 fully saturated rings. The molecular weight excluding hydrogens is 274 g/mol. The molecule has 5 nitrogen and oxygen atoms in total. The monoisotopic (exact) mass is 293 g/mol. The number of aromatic nitrogens is 2. The molecular formula is C14H19N3O2S. The Hall–Kier alpha value is -1.24. The largest absolute Gasteiger partial charge is 0.377 e. The van der Waals surface area contributed by atoms with Crippen molar-refractivity contribution in [1.82, 2.24) is 15.0 Å². The molecule has 20 heavy (non-hydrogen) atoms. The maximum atomic E-state index is 5.74. The molecule has 6 heteroatoms. The maximum Gasteiger partial charge on any atom is 0.150 e. The van der Waals surface area contributed by atoms with Crippen molar-refractivity contribution in [2.24, 2.45) is 0 Å². The first-order valence-corrected chi connectivity index (χ1v) is 7.82. The highest BCUT2D eigenvalue weighted by Gasteiger charge is 2.21. The predicted molar refractivity (Wildman–Crippen MR) is 76.4 cm³/mol. The van der Waals surface area contributed by atoms with Crippen LogP contribution in [0.15, 0.2) is 22.2 Å². The van der Waals surface area contributed by atoms with Gasteiger partial charge in [-0.1, -0.05) is 5.16 Å². The topological polar surface area (TPSA) is 51.4 Å². The second-order valence-electron chi connectivity index (χ2n) is 5.17.